The van der Waals surface area contributed by atoms with Gasteiger partial charge in [0.1, 0.15) is 10.9 Å². The van der Waals surface area contributed by atoms with Gasteiger partial charge in [-0.15, -0.1) is 11.8 Å². The van der Waals surface area contributed by atoms with Crippen LogP contribution in [0, 0.1) is 5.41 Å². The second-order valence-corrected chi connectivity index (χ2v) is 6.31. The average molecular weight is 297 g/mol. The lowest BCUT2D eigenvalue weighted by molar-refractivity contribution is 0.660. The Bertz CT molecular complexity index is 653. The second-order valence-electron chi connectivity index (χ2n) is 5.34. The van der Waals surface area contributed by atoms with Crippen molar-refractivity contribution >= 4 is 17.6 Å². The third-order valence-electron chi connectivity index (χ3n) is 3.77. The summed E-state index contributed by atoms with van der Waals surface area (Å²) in [4.78, 5) is 4.79. The van der Waals surface area contributed by atoms with E-state index in [0.717, 1.165) is 29.2 Å². The summed E-state index contributed by atoms with van der Waals surface area (Å²) in [5, 5.41) is 8.70. The molecule has 0 unspecified atom stereocenters. The molecule has 1 aromatic heterocycles. The first kappa shape index (κ1) is 14.1. The SMILES string of the molecule is N=C(N)c1cc2c(nc1SCc1ccccc1)CCCC2. The number of fused-ring (bicyclic) bond motifs is 1. The van der Waals surface area contributed by atoms with Crippen molar-refractivity contribution in [3.8, 4) is 0 Å². The number of nitrogens with two attached hydrogens (primary N) is 1. The number of benzene rings is 1. The summed E-state index contributed by atoms with van der Waals surface area (Å²) in [7, 11) is 0. The van der Waals surface area contributed by atoms with Crippen LogP contribution in [0.5, 0.6) is 0 Å². The van der Waals surface area contributed by atoms with Gasteiger partial charge in [0.25, 0.3) is 0 Å². The smallest absolute Gasteiger partial charge is 0.125 e. The van der Waals surface area contributed by atoms with E-state index in [0.29, 0.717) is 0 Å². The van der Waals surface area contributed by atoms with E-state index >= 15 is 0 Å². The predicted molar refractivity (Wildman–Crippen MR) is 87.9 cm³/mol. The average Bonchev–Trinajstić information content (AvgIpc) is 2.53. The summed E-state index contributed by atoms with van der Waals surface area (Å²) in [5.41, 5.74) is 10.3. The van der Waals surface area contributed by atoms with Gasteiger partial charge in [0.15, 0.2) is 0 Å². The van der Waals surface area contributed by atoms with E-state index in [4.69, 9.17) is 16.1 Å². The molecule has 0 aliphatic heterocycles. The standard InChI is InChI=1S/C17H19N3S/c18-16(19)14-10-13-8-4-5-9-15(13)20-17(14)21-11-12-6-2-1-3-7-12/h1-3,6-7,10H,4-5,8-9,11H2,(H3,18,19). The zero-order chi connectivity index (χ0) is 14.7. The molecule has 1 aliphatic carbocycles. The number of nitrogen functional groups attached to an aromatic ring is 1. The molecule has 0 radical (unpaired) electrons. The number of hydrogen-bond acceptors (Lipinski definition) is 3. The fourth-order valence-electron chi connectivity index (χ4n) is 2.64. The minimum Gasteiger partial charge on any atom is -0.384 e. The Morgan fingerprint density at radius 2 is 1.95 bits per heavy atom. The Balaban J connectivity index is 1.87. The van der Waals surface area contributed by atoms with Crippen LogP contribution in [-0.2, 0) is 18.6 Å². The number of nitrogens with zero attached hydrogens (tertiary/aromatic N) is 1. The van der Waals surface area contributed by atoms with Gasteiger partial charge < -0.3 is 5.73 Å². The molecule has 1 aromatic carbocycles. The number of hydrogen-bond donors (Lipinski definition) is 2. The van der Waals surface area contributed by atoms with Crippen LogP contribution in [0.15, 0.2) is 41.4 Å². The minimum absolute atomic E-state index is 0.117. The van der Waals surface area contributed by atoms with Gasteiger partial charge in [-0.05, 0) is 42.9 Å². The Hall–Kier alpha value is -1.81. The highest BCUT2D eigenvalue weighted by molar-refractivity contribution is 7.98. The Morgan fingerprint density at radius 1 is 1.19 bits per heavy atom. The van der Waals surface area contributed by atoms with E-state index in [1.807, 2.05) is 18.2 Å². The molecule has 0 fully saturated rings. The van der Waals surface area contributed by atoms with Gasteiger partial charge in [0, 0.05) is 17.0 Å². The van der Waals surface area contributed by atoms with Crippen molar-refractivity contribution in [1.82, 2.24) is 4.98 Å². The van der Waals surface area contributed by atoms with Crippen LogP contribution in [0.4, 0.5) is 0 Å². The van der Waals surface area contributed by atoms with Crippen LogP contribution in [0.3, 0.4) is 0 Å². The van der Waals surface area contributed by atoms with Gasteiger partial charge in [-0.25, -0.2) is 4.98 Å². The van der Waals surface area contributed by atoms with Gasteiger partial charge in [0.2, 0.25) is 0 Å². The highest BCUT2D eigenvalue weighted by Gasteiger charge is 2.16. The van der Waals surface area contributed by atoms with Crippen molar-refractivity contribution in [2.75, 3.05) is 0 Å². The molecular weight excluding hydrogens is 278 g/mol. The summed E-state index contributed by atoms with van der Waals surface area (Å²) >= 11 is 1.67. The third kappa shape index (κ3) is 3.27. The molecule has 0 atom stereocenters. The highest BCUT2D eigenvalue weighted by atomic mass is 32.2. The molecule has 108 valence electrons. The summed E-state index contributed by atoms with van der Waals surface area (Å²) in [6.07, 6.45) is 4.53. The van der Waals surface area contributed by atoms with Crippen LogP contribution in [0.25, 0.3) is 0 Å². The van der Waals surface area contributed by atoms with Gasteiger partial charge in [-0.2, -0.15) is 0 Å². The van der Waals surface area contributed by atoms with Crippen molar-refractivity contribution in [1.29, 1.82) is 5.41 Å². The maximum atomic E-state index is 7.80. The monoisotopic (exact) mass is 297 g/mol. The Labute approximate surface area is 129 Å². The van der Waals surface area contributed by atoms with Crippen molar-refractivity contribution in [2.45, 2.75) is 36.5 Å². The normalized spacial score (nSPS) is 13.7. The lowest BCUT2D eigenvalue weighted by atomic mass is 9.95. The van der Waals surface area contributed by atoms with Crippen LogP contribution in [0.2, 0.25) is 0 Å². The van der Waals surface area contributed by atoms with E-state index < -0.39 is 0 Å². The highest BCUT2D eigenvalue weighted by Crippen LogP contribution is 2.29. The van der Waals surface area contributed by atoms with E-state index in [2.05, 4.69) is 18.2 Å². The van der Waals surface area contributed by atoms with Crippen molar-refractivity contribution < 1.29 is 0 Å². The van der Waals surface area contributed by atoms with Crippen molar-refractivity contribution in [3.63, 3.8) is 0 Å². The minimum atomic E-state index is 0.117. The molecule has 2 aromatic rings. The molecule has 0 spiro atoms. The van der Waals surface area contributed by atoms with Gasteiger partial charge in [0.05, 0.1) is 0 Å². The predicted octanol–water partition coefficient (Wildman–Crippen LogP) is 3.54. The molecule has 3 nitrogen and oxygen atoms in total. The van der Waals surface area contributed by atoms with Gasteiger partial charge in [-0.1, -0.05) is 30.3 Å². The number of amidine groups is 1. The molecule has 4 heteroatoms. The maximum Gasteiger partial charge on any atom is 0.125 e. The first-order valence-electron chi connectivity index (χ1n) is 7.28. The molecule has 1 aliphatic rings. The quantitative estimate of drug-likeness (QED) is 0.515. The molecule has 0 saturated heterocycles. The van der Waals surface area contributed by atoms with E-state index in [1.54, 1.807) is 11.8 Å². The molecule has 0 saturated carbocycles. The summed E-state index contributed by atoms with van der Waals surface area (Å²) in [6.45, 7) is 0. The summed E-state index contributed by atoms with van der Waals surface area (Å²) in [6, 6.07) is 12.4. The molecule has 3 rings (SSSR count). The Morgan fingerprint density at radius 3 is 2.71 bits per heavy atom. The van der Waals surface area contributed by atoms with Crippen molar-refractivity contribution in [2.24, 2.45) is 5.73 Å². The lowest BCUT2D eigenvalue weighted by Gasteiger charge is -2.18. The first-order valence-corrected chi connectivity index (χ1v) is 8.26. The van der Waals surface area contributed by atoms with Crippen molar-refractivity contribution in [3.05, 3.63) is 58.8 Å². The van der Waals surface area contributed by atoms with Gasteiger partial charge in [-0.3, -0.25) is 5.41 Å². The lowest BCUT2D eigenvalue weighted by Crippen LogP contribution is -2.16. The fraction of sp³-hybridized carbons (Fsp3) is 0.294. The number of pyridine rings is 1. The summed E-state index contributed by atoms with van der Waals surface area (Å²) in [5.74, 6) is 0.971. The molecule has 0 amide bonds. The number of rotatable bonds is 4. The number of nitrogens with one attached hydrogen (secondary N) is 1. The van der Waals surface area contributed by atoms with Gasteiger partial charge >= 0.3 is 0 Å². The van der Waals surface area contributed by atoms with E-state index in [1.165, 1.54) is 29.7 Å². The summed E-state index contributed by atoms with van der Waals surface area (Å²) < 4.78 is 0. The maximum absolute atomic E-state index is 7.80. The molecular formula is C17H19N3S. The van der Waals surface area contributed by atoms with Crippen LogP contribution in [0.1, 0.15) is 35.2 Å². The number of aryl methyl sites for hydroxylation is 2. The van der Waals surface area contributed by atoms with E-state index in [9.17, 15) is 0 Å². The van der Waals surface area contributed by atoms with E-state index in [-0.39, 0.29) is 5.84 Å². The second kappa shape index (κ2) is 6.31. The molecule has 1 heterocycles. The zero-order valence-corrected chi connectivity index (χ0v) is 12.7. The number of aromatic nitrogens is 1. The fourth-order valence-corrected chi connectivity index (χ4v) is 3.64. The largest absolute Gasteiger partial charge is 0.384 e. The van der Waals surface area contributed by atoms with Crippen LogP contribution >= 0.6 is 11.8 Å². The molecule has 0 bridgehead atoms. The van der Waals surface area contributed by atoms with Crippen LogP contribution < -0.4 is 5.73 Å². The topological polar surface area (TPSA) is 62.8 Å². The first-order chi connectivity index (χ1) is 10.2. The molecule has 21 heavy (non-hydrogen) atoms. The molecule has 3 N–H and O–H groups in total. The third-order valence-corrected chi connectivity index (χ3v) is 4.84. The Kier molecular flexibility index (Phi) is 4.25. The zero-order valence-electron chi connectivity index (χ0n) is 11.9. The number of thioether (sulfide) groups is 1. The van der Waals surface area contributed by atoms with Crippen LogP contribution in [-0.4, -0.2) is 10.8 Å².